The van der Waals surface area contributed by atoms with E-state index in [0.717, 1.165) is 24.9 Å². The topological polar surface area (TPSA) is 41.9 Å². The van der Waals surface area contributed by atoms with Gasteiger partial charge in [-0.1, -0.05) is 12.1 Å². The summed E-state index contributed by atoms with van der Waals surface area (Å²) in [5.74, 6) is -0.537. The van der Waals surface area contributed by atoms with Crippen LogP contribution in [0.5, 0.6) is 0 Å². The number of hydrogen-bond acceptors (Lipinski definition) is 4. The van der Waals surface area contributed by atoms with Gasteiger partial charge in [0.05, 0.1) is 13.3 Å². The fourth-order valence-corrected chi connectivity index (χ4v) is 1.95. The smallest absolute Gasteiger partial charge is 0.330 e. The Bertz CT molecular complexity index is 445. The number of esters is 1. The molecule has 4 nitrogen and oxygen atoms in total. The van der Waals surface area contributed by atoms with Gasteiger partial charge in [-0.15, -0.1) is 0 Å². The Hall–Kier alpha value is -1.91. The first-order chi connectivity index (χ1) is 8.70. The Morgan fingerprint density at radius 3 is 2.89 bits per heavy atom. The van der Waals surface area contributed by atoms with E-state index in [-0.39, 0.29) is 17.8 Å². The van der Waals surface area contributed by atoms with Gasteiger partial charge in [0.15, 0.2) is 0 Å². The molecule has 18 heavy (non-hydrogen) atoms. The van der Waals surface area contributed by atoms with Gasteiger partial charge in [-0.25, -0.2) is 9.18 Å². The van der Waals surface area contributed by atoms with E-state index >= 15 is 0 Å². The third-order valence-corrected chi connectivity index (χ3v) is 2.92. The zero-order valence-electron chi connectivity index (χ0n) is 10.2. The number of hydrogen-bond donors (Lipinski definition) is 0. The average molecular weight is 250 g/mol. The van der Waals surface area contributed by atoms with E-state index in [1.165, 1.54) is 19.2 Å². The predicted molar refractivity (Wildman–Crippen MR) is 65.7 cm³/mol. The van der Waals surface area contributed by atoms with Crippen molar-refractivity contribution in [3.05, 3.63) is 35.6 Å². The van der Waals surface area contributed by atoms with E-state index in [9.17, 15) is 9.18 Å². The highest BCUT2D eigenvalue weighted by atomic mass is 19.1. The molecule has 96 valence electrons. The molecule has 1 atom stereocenters. The minimum Gasteiger partial charge on any atom is -0.467 e. The van der Waals surface area contributed by atoms with Crippen LogP contribution in [0.1, 0.15) is 18.4 Å². The number of methoxy groups -OCH3 is 1. The van der Waals surface area contributed by atoms with Crippen molar-refractivity contribution in [2.24, 2.45) is 5.10 Å². The molecule has 5 heteroatoms. The first-order valence-electron chi connectivity index (χ1n) is 5.85. The number of ether oxygens (including phenoxy) is 1. The SMILES string of the molecule is COC(=O)C1CCCN1/N=C/c1ccc(F)cc1. The molecule has 0 amide bonds. The van der Waals surface area contributed by atoms with Crippen molar-refractivity contribution in [2.75, 3.05) is 13.7 Å². The van der Waals surface area contributed by atoms with E-state index in [1.807, 2.05) is 0 Å². The van der Waals surface area contributed by atoms with E-state index in [1.54, 1.807) is 23.4 Å². The molecule has 1 aromatic carbocycles. The summed E-state index contributed by atoms with van der Waals surface area (Å²) < 4.78 is 17.5. The molecule has 0 spiro atoms. The largest absolute Gasteiger partial charge is 0.467 e. The van der Waals surface area contributed by atoms with Crippen molar-refractivity contribution in [3.8, 4) is 0 Å². The number of nitrogens with zero attached hydrogens (tertiary/aromatic N) is 2. The standard InChI is InChI=1S/C13H15FN2O2/c1-18-13(17)12-3-2-8-16(12)15-9-10-4-6-11(14)7-5-10/h4-7,9,12H,2-3,8H2,1H3/b15-9+. The van der Waals surface area contributed by atoms with Crippen molar-refractivity contribution >= 4 is 12.2 Å². The zero-order valence-corrected chi connectivity index (χ0v) is 10.2. The van der Waals surface area contributed by atoms with Gasteiger partial charge in [-0.2, -0.15) is 5.10 Å². The number of halogens is 1. The summed E-state index contributed by atoms with van der Waals surface area (Å²) in [6.07, 6.45) is 3.30. The molecule has 1 fully saturated rings. The number of benzene rings is 1. The quantitative estimate of drug-likeness (QED) is 0.606. The lowest BCUT2D eigenvalue weighted by molar-refractivity contribution is -0.145. The van der Waals surface area contributed by atoms with Gasteiger partial charge in [-0.05, 0) is 30.5 Å². The molecule has 0 aromatic heterocycles. The molecule has 0 bridgehead atoms. The molecule has 0 radical (unpaired) electrons. The highest BCUT2D eigenvalue weighted by Crippen LogP contribution is 2.18. The van der Waals surface area contributed by atoms with Gasteiger partial charge < -0.3 is 4.74 Å². The van der Waals surface area contributed by atoms with Crippen LogP contribution in [-0.2, 0) is 9.53 Å². The highest BCUT2D eigenvalue weighted by Gasteiger charge is 2.30. The Balaban J connectivity index is 2.04. The molecule has 0 N–H and O–H groups in total. The lowest BCUT2D eigenvalue weighted by Gasteiger charge is -2.18. The van der Waals surface area contributed by atoms with Crippen molar-refractivity contribution in [2.45, 2.75) is 18.9 Å². The molecule has 1 unspecified atom stereocenters. The molecular formula is C13H15FN2O2. The first kappa shape index (κ1) is 12.5. The van der Waals surface area contributed by atoms with Crippen LogP contribution < -0.4 is 0 Å². The van der Waals surface area contributed by atoms with Crippen LogP contribution in [-0.4, -0.2) is 36.9 Å². The minimum absolute atomic E-state index is 0.260. The normalized spacial score (nSPS) is 19.4. The molecule has 1 aliphatic heterocycles. The monoisotopic (exact) mass is 250 g/mol. The first-order valence-corrected chi connectivity index (χ1v) is 5.85. The van der Waals surface area contributed by atoms with E-state index < -0.39 is 0 Å². The zero-order chi connectivity index (χ0) is 13.0. The molecule has 1 heterocycles. The van der Waals surface area contributed by atoms with Gasteiger partial charge in [0.25, 0.3) is 0 Å². The molecule has 2 rings (SSSR count). The summed E-state index contributed by atoms with van der Waals surface area (Å²) >= 11 is 0. The van der Waals surface area contributed by atoms with E-state index in [2.05, 4.69) is 5.10 Å². The fraction of sp³-hybridized carbons (Fsp3) is 0.385. The van der Waals surface area contributed by atoms with Gasteiger partial charge in [0.1, 0.15) is 11.9 Å². The van der Waals surface area contributed by atoms with Crippen molar-refractivity contribution < 1.29 is 13.9 Å². The lowest BCUT2D eigenvalue weighted by atomic mass is 10.2. The summed E-state index contributed by atoms with van der Waals surface area (Å²) in [5.41, 5.74) is 0.798. The van der Waals surface area contributed by atoms with Crippen LogP contribution >= 0.6 is 0 Å². The maximum atomic E-state index is 12.7. The molecule has 1 aliphatic rings. The second-order valence-electron chi connectivity index (χ2n) is 4.14. The second-order valence-corrected chi connectivity index (χ2v) is 4.14. The van der Waals surface area contributed by atoms with Gasteiger partial charge >= 0.3 is 5.97 Å². The van der Waals surface area contributed by atoms with Crippen LogP contribution in [0.4, 0.5) is 4.39 Å². The number of carbonyl (C=O) groups is 1. The fourth-order valence-electron chi connectivity index (χ4n) is 1.95. The Kier molecular flexibility index (Phi) is 3.92. The molecule has 0 saturated carbocycles. The molecular weight excluding hydrogens is 235 g/mol. The maximum absolute atomic E-state index is 12.7. The van der Waals surface area contributed by atoms with Crippen molar-refractivity contribution in [1.82, 2.24) is 5.01 Å². The van der Waals surface area contributed by atoms with Gasteiger partial charge in [0, 0.05) is 6.54 Å². The maximum Gasteiger partial charge on any atom is 0.330 e. The molecule has 1 aromatic rings. The number of carbonyl (C=O) groups excluding carboxylic acids is 1. The van der Waals surface area contributed by atoms with Crippen molar-refractivity contribution in [3.63, 3.8) is 0 Å². The van der Waals surface area contributed by atoms with Crippen LogP contribution in [0, 0.1) is 5.82 Å². The van der Waals surface area contributed by atoms with Crippen LogP contribution in [0.2, 0.25) is 0 Å². The third kappa shape index (κ3) is 2.85. The second kappa shape index (κ2) is 5.62. The van der Waals surface area contributed by atoms with Crippen LogP contribution in [0.3, 0.4) is 0 Å². The number of hydrazone groups is 1. The summed E-state index contributed by atoms with van der Waals surface area (Å²) in [6, 6.07) is 5.74. The summed E-state index contributed by atoms with van der Waals surface area (Å²) in [5, 5.41) is 5.98. The minimum atomic E-state index is -0.299. The van der Waals surface area contributed by atoms with E-state index in [4.69, 9.17) is 4.74 Å². The Labute approximate surface area is 105 Å². The average Bonchev–Trinajstić information content (AvgIpc) is 2.85. The summed E-state index contributed by atoms with van der Waals surface area (Å²) in [6.45, 7) is 0.734. The van der Waals surface area contributed by atoms with Gasteiger partial charge in [0.2, 0.25) is 0 Å². The molecule has 1 saturated heterocycles. The van der Waals surface area contributed by atoms with Crippen LogP contribution in [0.25, 0.3) is 0 Å². The Morgan fingerprint density at radius 1 is 1.50 bits per heavy atom. The van der Waals surface area contributed by atoms with Crippen LogP contribution in [0.15, 0.2) is 29.4 Å². The number of rotatable bonds is 3. The Morgan fingerprint density at radius 2 is 2.22 bits per heavy atom. The molecule has 0 aliphatic carbocycles. The van der Waals surface area contributed by atoms with Gasteiger partial charge in [-0.3, -0.25) is 5.01 Å². The predicted octanol–water partition coefficient (Wildman–Crippen LogP) is 1.80. The van der Waals surface area contributed by atoms with Crippen molar-refractivity contribution in [1.29, 1.82) is 0 Å². The lowest BCUT2D eigenvalue weighted by Crippen LogP contribution is -2.33. The highest BCUT2D eigenvalue weighted by molar-refractivity contribution is 5.80. The summed E-state index contributed by atoms with van der Waals surface area (Å²) in [4.78, 5) is 11.5. The van der Waals surface area contributed by atoms with E-state index in [0.29, 0.717) is 0 Å². The summed E-state index contributed by atoms with van der Waals surface area (Å²) in [7, 11) is 1.38. The third-order valence-electron chi connectivity index (χ3n) is 2.92.